The van der Waals surface area contributed by atoms with Crippen molar-refractivity contribution in [1.29, 1.82) is 0 Å². The van der Waals surface area contributed by atoms with E-state index in [0.29, 0.717) is 30.4 Å². The van der Waals surface area contributed by atoms with Crippen LogP contribution in [0.4, 0.5) is 0 Å². The van der Waals surface area contributed by atoms with Crippen LogP contribution in [0.5, 0.6) is 17.2 Å². The summed E-state index contributed by atoms with van der Waals surface area (Å²) in [5, 5.41) is 2.65. The van der Waals surface area contributed by atoms with Gasteiger partial charge in [-0.25, -0.2) is 0 Å². The molecule has 2 aromatic heterocycles. The zero-order valence-corrected chi connectivity index (χ0v) is 18.6. The molecule has 0 fully saturated rings. The zero-order chi connectivity index (χ0) is 23.2. The van der Waals surface area contributed by atoms with Crippen LogP contribution in [0.25, 0.3) is 0 Å². The second kappa shape index (κ2) is 10.3. The van der Waals surface area contributed by atoms with E-state index in [2.05, 4.69) is 10.2 Å². The SMILES string of the molecule is COc1cc2c(cc1OC)CN(Cc1cc(=O)c(OCC(=O)NCc3ccco3)co1)CC2. The highest BCUT2D eigenvalue weighted by Gasteiger charge is 2.20. The van der Waals surface area contributed by atoms with Gasteiger partial charge in [0.05, 0.1) is 33.6 Å². The average molecular weight is 454 g/mol. The van der Waals surface area contributed by atoms with Crippen LogP contribution in [0, 0.1) is 0 Å². The largest absolute Gasteiger partial charge is 0.493 e. The van der Waals surface area contributed by atoms with Crippen LogP contribution in [0.2, 0.25) is 0 Å². The maximum atomic E-state index is 12.4. The predicted octanol–water partition coefficient (Wildman–Crippen LogP) is 2.50. The lowest BCUT2D eigenvalue weighted by molar-refractivity contribution is -0.123. The quantitative estimate of drug-likeness (QED) is 0.526. The second-order valence-electron chi connectivity index (χ2n) is 7.66. The van der Waals surface area contributed by atoms with Gasteiger partial charge in [0.1, 0.15) is 17.8 Å². The number of furan rings is 1. The molecule has 9 nitrogen and oxygen atoms in total. The van der Waals surface area contributed by atoms with Crippen molar-refractivity contribution in [2.45, 2.75) is 26.1 Å². The number of hydrogen-bond acceptors (Lipinski definition) is 8. The molecule has 0 bridgehead atoms. The Balaban J connectivity index is 1.32. The van der Waals surface area contributed by atoms with Crippen LogP contribution in [0.15, 0.2) is 56.5 Å². The van der Waals surface area contributed by atoms with E-state index in [1.807, 2.05) is 12.1 Å². The standard InChI is InChI=1S/C24H26N2O7/c1-29-21-8-16-5-6-26(12-17(16)9-22(21)30-2)13-19-10-20(27)23(14-32-19)33-15-24(28)25-11-18-4-3-7-31-18/h3-4,7-10,14H,5-6,11-13,15H2,1-2H3,(H,25,28). The molecule has 1 N–H and O–H groups in total. The molecule has 0 radical (unpaired) electrons. The minimum Gasteiger partial charge on any atom is -0.493 e. The van der Waals surface area contributed by atoms with E-state index in [1.54, 1.807) is 26.4 Å². The topological polar surface area (TPSA) is 103 Å². The number of nitrogens with one attached hydrogen (secondary N) is 1. The Hall–Kier alpha value is -3.72. The summed E-state index contributed by atoms with van der Waals surface area (Å²) in [6.07, 6.45) is 3.64. The summed E-state index contributed by atoms with van der Waals surface area (Å²) in [6.45, 7) is 1.96. The number of ether oxygens (including phenoxy) is 3. The third-order valence-electron chi connectivity index (χ3n) is 5.43. The first kappa shape index (κ1) is 22.5. The molecule has 0 aliphatic carbocycles. The van der Waals surface area contributed by atoms with Gasteiger partial charge in [-0.05, 0) is 41.8 Å². The summed E-state index contributed by atoms with van der Waals surface area (Å²) in [4.78, 5) is 26.5. The van der Waals surface area contributed by atoms with Gasteiger partial charge >= 0.3 is 0 Å². The summed E-state index contributed by atoms with van der Waals surface area (Å²) in [5.74, 6) is 2.20. The fourth-order valence-electron chi connectivity index (χ4n) is 3.72. The number of methoxy groups -OCH3 is 2. The Morgan fingerprint density at radius 2 is 1.85 bits per heavy atom. The number of carbonyl (C=O) groups excluding carboxylic acids is 1. The third-order valence-corrected chi connectivity index (χ3v) is 5.43. The maximum absolute atomic E-state index is 12.4. The molecule has 4 rings (SSSR count). The molecule has 0 saturated heterocycles. The van der Waals surface area contributed by atoms with Gasteiger partial charge in [0.25, 0.3) is 5.91 Å². The molecular weight excluding hydrogens is 428 g/mol. The first-order valence-electron chi connectivity index (χ1n) is 10.6. The van der Waals surface area contributed by atoms with Crippen molar-refractivity contribution in [3.8, 4) is 17.2 Å². The van der Waals surface area contributed by atoms with Crippen LogP contribution in [0.1, 0.15) is 22.6 Å². The molecule has 1 aliphatic rings. The molecular formula is C24H26N2O7. The van der Waals surface area contributed by atoms with Crippen LogP contribution < -0.4 is 25.0 Å². The number of rotatable bonds is 9. The Morgan fingerprint density at radius 1 is 1.06 bits per heavy atom. The summed E-state index contributed by atoms with van der Waals surface area (Å²) < 4.78 is 26.9. The average Bonchev–Trinajstić information content (AvgIpc) is 3.35. The first-order valence-corrected chi connectivity index (χ1v) is 10.6. The molecule has 9 heteroatoms. The Kier molecular flexibility index (Phi) is 6.99. The molecule has 1 aliphatic heterocycles. The van der Waals surface area contributed by atoms with Gasteiger partial charge in [-0.1, -0.05) is 0 Å². The number of amides is 1. The number of fused-ring (bicyclic) bond motifs is 1. The third kappa shape index (κ3) is 5.56. The fourth-order valence-corrected chi connectivity index (χ4v) is 3.72. The Morgan fingerprint density at radius 3 is 2.55 bits per heavy atom. The molecule has 3 aromatic rings. The predicted molar refractivity (Wildman–Crippen MR) is 118 cm³/mol. The molecule has 1 amide bonds. The monoisotopic (exact) mass is 454 g/mol. The molecule has 0 unspecified atom stereocenters. The molecule has 0 saturated carbocycles. The number of benzene rings is 1. The van der Waals surface area contributed by atoms with E-state index in [0.717, 1.165) is 24.3 Å². The van der Waals surface area contributed by atoms with E-state index in [9.17, 15) is 9.59 Å². The maximum Gasteiger partial charge on any atom is 0.258 e. The van der Waals surface area contributed by atoms with Crippen molar-refractivity contribution in [3.05, 3.63) is 75.7 Å². The van der Waals surface area contributed by atoms with Crippen molar-refractivity contribution >= 4 is 5.91 Å². The lowest BCUT2D eigenvalue weighted by Crippen LogP contribution is -2.30. The second-order valence-corrected chi connectivity index (χ2v) is 7.66. The molecule has 3 heterocycles. The number of nitrogens with zero attached hydrogens (tertiary/aromatic N) is 1. The summed E-state index contributed by atoms with van der Waals surface area (Å²) in [5.41, 5.74) is 2.04. The summed E-state index contributed by atoms with van der Waals surface area (Å²) >= 11 is 0. The molecule has 0 atom stereocenters. The number of carbonyl (C=O) groups is 1. The van der Waals surface area contributed by atoms with Crippen LogP contribution in [-0.4, -0.2) is 38.2 Å². The minimum absolute atomic E-state index is 0.00674. The van der Waals surface area contributed by atoms with Crippen molar-refractivity contribution in [1.82, 2.24) is 10.2 Å². The van der Waals surface area contributed by atoms with Crippen molar-refractivity contribution in [2.75, 3.05) is 27.4 Å². The zero-order valence-electron chi connectivity index (χ0n) is 18.6. The van der Waals surface area contributed by atoms with E-state index in [-0.39, 0.29) is 30.2 Å². The first-order chi connectivity index (χ1) is 16.1. The van der Waals surface area contributed by atoms with E-state index >= 15 is 0 Å². The molecule has 0 spiro atoms. The number of hydrogen-bond donors (Lipinski definition) is 1. The fraction of sp³-hybridized carbons (Fsp3) is 0.333. The van der Waals surface area contributed by atoms with Crippen LogP contribution >= 0.6 is 0 Å². The van der Waals surface area contributed by atoms with Gasteiger partial charge in [0, 0.05) is 19.2 Å². The highest BCUT2D eigenvalue weighted by molar-refractivity contribution is 5.77. The minimum atomic E-state index is -0.367. The lowest BCUT2D eigenvalue weighted by Gasteiger charge is -2.29. The van der Waals surface area contributed by atoms with Gasteiger partial charge < -0.3 is 28.4 Å². The van der Waals surface area contributed by atoms with Crippen molar-refractivity contribution in [2.24, 2.45) is 0 Å². The summed E-state index contributed by atoms with van der Waals surface area (Å²) in [6, 6.07) is 8.90. The Bertz CT molecular complexity index is 1150. The van der Waals surface area contributed by atoms with Gasteiger partial charge in [0.15, 0.2) is 18.1 Å². The van der Waals surface area contributed by atoms with E-state index in [1.165, 1.54) is 24.2 Å². The van der Waals surface area contributed by atoms with E-state index in [4.69, 9.17) is 23.0 Å². The molecule has 1 aromatic carbocycles. The van der Waals surface area contributed by atoms with E-state index < -0.39 is 0 Å². The molecule has 174 valence electrons. The Labute approximate surface area is 190 Å². The van der Waals surface area contributed by atoms with Crippen molar-refractivity contribution < 1.29 is 27.8 Å². The lowest BCUT2D eigenvalue weighted by atomic mass is 9.98. The van der Waals surface area contributed by atoms with Gasteiger partial charge in [0.2, 0.25) is 11.2 Å². The highest BCUT2D eigenvalue weighted by atomic mass is 16.5. The van der Waals surface area contributed by atoms with Gasteiger partial charge in [-0.3, -0.25) is 14.5 Å². The van der Waals surface area contributed by atoms with Gasteiger partial charge in [-0.15, -0.1) is 0 Å². The smallest absolute Gasteiger partial charge is 0.258 e. The normalized spacial score (nSPS) is 13.3. The van der Waals surface area contributed by atoms with Crippen LogP contribution in [0.3, 0.4) is 0 Å². The highest BCUT2D eigenvalue weighted by Crippen LogP contribution is 2.33. The van der Waals surface area contributed by atoms with Crippen molar-refractivity contribution in [3.63, 3.8) is 0 Å². The van der Waals surface area contributed by atoms with Gasteiger partial charge in [-0.2, -0.15) is 0 Å². The summed E-state index contributed by atoms with van der Waals surface area (Å²) in [7, 11) is 3.24. The molecule has 33 heavy (non-hydrogen) atoms. The van der Waals surface area contributed by atoms with Crippen LogP contribution in [-0.2, 0) is 30.8 Å².